The minimum Gasteiger partial charge on any atom is -0.465 e. The highest BCUT2D eigenvalue weighted by atomic mass is 16.5. The summed E-state index contributed by atoms with van der Waals surface area (Å²) in [5, 5.41) is 0.783. The van der Waals surface area contributed by atoms with Gasteiger partial charge in [-0.25, -0.2) is 9.78 Å². The van der Waals surface area contributed by atoms with Crippen molar-refractivity contribution in [3.8, 4) is 0 Å². The van der Waals surface area contributed by atoms with Crippen LogP contribution in [0.3, 0.4) is 0 Å². The summed E-state index contributed by atoms with van der Waals surface area (Å²) in [5.41, 5.74) is 3.00. The molecule has 2 heterocycles. The number of aryl methyl sites for hydroxylation is 1. The number of ether oxygens (including phenoxy) is 1. The van der Waals surface area contributed by atoms with Crippen molar-refractivity contribution in [1.82, 2.24) is 9.97 Å². The number of aromatic nitrogens is 2. The van der Waals surface area contributed by atoms with Crippen molar-refractivity contribution >= 4 is 23.1 Å². The number of fused-ring (bicyclic) bond motifs is 1. The number of rotatable bonds is 3. The van der Waals surface area contributed by atoms with E-state index in [2.05, 4.69) is 16.5 Å². The van der Waals surface area contributed by atoms with Crippen LogP contribution in [0.4, 0.5) is 0 Å². The minimum absolute atomic E-state index is 0. The van der Waals surface area contributed by atoms with E-state index in [0.717, 1.165) is 23.1 Å². The molecule has 0 aliphatic heterocycles. The number of aromatic amines is 1. The lowest BCUT2D eigenvalue weighted by Gasteiger charge is -2.00. The number of carbonyl (C=O) groups excluding carboxylic acids is 1. The topological polar surface area (TPSA) is 55.0 Å². The molecule has 2 rings (SSSR count). The molecule has 2 aromatic heterocycles. The lowest BCUT2D eigenvalue weighted by molar-refractivity contribution is 0.0602. The first-order valence-corrected chi connectivity index (χ1v) is 6.42. The molecule has 0 bridgehead atoms. The molecule has 0 aliphatic rings. The Morgan fingerprint density at radius 3 is 2.79 bits per heavy atom. The van der Waals surface area contributed by atoms with Gasteiger partial charge in [-0.15, -0.1) is 0 Å². The maximum absolute atomic E-state index is 11.8. The number of nitrogens with one attached hydrogen (secondary N) is 1. The molecule has 19 heavy (non-hydrogen) atoms. The van der Waals surface area contributed by atoms with E-state index in [0.29, 0.717) is 11.2 Å². The third-order valence-electron chi connectivity index (χ3n) is 2.73. The number of carbonyl (C=O) groups is 1. The van der Waals surface area contributed by atoms with E-state index >= 15 is 0 Å². The van der Waals surface area contributed by atoms with Crippen molar-refractivity contribution in [2.45, 2.75) is 27.2 Å². The van der Waals surface area contributed by atoms with Gasteiger partial charge >= 0.3 is 5.97 Å². The van der Waals surface area contributed by atoms with Crippen LogP contribution >= 0.6 is 0 Å². The SMILES string of the molecule is C=Cc1cnc2[nH]c(CC)c(C(=O)OC)c2c1.CC.[HH]. The maximum Gasteiger partial charge on any atom is 0.340 e. The number of methoxy groups -OCH3 is 1. The second-order valence-corrected chi connectivity index (χ2v) is 3.69. The zero-order chi connectivity index (χ0) is 14.4. The first-order chi connectivity index (χ1) is 9.21. The van der Waals surface area contributed by atoms with Gasteiger partial charge in [-0.1, -0.05) is 33.4 Å². The molecule has 0 unspecified atom stereocenters. The molecule has 0 saturated heterocycles. The normalized spacial score (nSPS) is 9.68. The average Bonchev–Trinajstić information content (AvgIpc) is 2.85. The number of hydrogen-bond donors (Lipinski definition) is 1. The van der Waals surface area contributed by atoms with E-state index < -0.39 is 0 Å². The molecule has 0 aliphatic carbocycles. The van der Waals surface area contributed by atoms with Gasteiger partial charge in [0.1, 0.15) is 5.65 Å². The van der Waals surface area contributed by atoms with Crippen molar-refractivity contribution in [3.05, 3.63) is 35.7 Å². The summed E-state index contributed by atoms with van der Waals surface area (Å²) in [6.07, 6.45) is 4.14. The summed E-state index contributed by atoms with van der Waals surface area (Å²) in [5.74, 6) is -0.337. The number of esters is 1. The van der Waals surface area contributed by atoms with Crippen molar-refractivity contribution in [1.29, 1.82) is 0 Å². The van der Waals surface area contributed by atoms with Crippen LogP contribution in [-0.2, 0) is 11.2 Å². The van der Waals surface area contributed by atoms with E-state index in [-0.39, 0.29) is 7.40 Å². The molecule has 2 aromatic rings. The van der Waals surface area contributed by atoms with Crippen LogP contribution in [-0.4, -0.2) is 23.0 Å². The first-order valence-electron chi connectivity index (χ1n) is 6.42. The Hall–Kier alpha value is -2.10. The van der Waals surface area contributed by atoms with E-state index in [1.54, 1.807) is 12.3 Å². The Balaban J connectivity index is 0.00000115. The Morgan fingerprint density at radius 1 is 1.58 bits per heavy atom. The summed E-state index contributed by atoms with van der Waals surface area (Å²) in [6, 6.07) is 1.89. The highest BCUT2D eigenvalue weighted by molar-refractivity contribution is 6.05. The van der Waals surface area contributed by atoms with Gasteiger partial charge in [0.25, 0.3) is 0 Å². The fraction of sp³-hybridized carbons (Fsp3) is 0.333. The number of nitrogens with zero attached hydrogens (tertiary/aromatic N) is 1. The molecule has 104 valence electrons. The molecule has 0 spiro atoms. The van der Waals surface area contributed by atoms with Crippen molar-refractivity contribution < 1.29 is 11.0 Å². The molecule has 0 fully saturated rings. The highest BCUT2D eigenvalue weighted by Crippen LogP contribution is 2.23. The molecule has 4 nitrogen and oxygen atoms in total. The van der Waals surface area contributed by atoms with Gasteiger partial charge in [-0.05, 0) is 18.1 Å². The van der Waals surface area contributed by atoms with Gasteiger partial charge in [0.05, 0.1) is 12.7 Å². The van der Waals surface area contributed by atoms with Gasteiger partial charge < -0.3 is 9.72 Å². The van der Waals surface area contributed by atoms with Gasteiger partial charge in [0, 0.05) is 18.7 Å². The molecule has 1 N–H and O–H groups in total. The highest BCUT2D eigenvalue weighted by Gasteiger charge is 2.18. The molecule has 0 saturated carbocycles. The summed E-state index contributed by atoms with van der Waals surface area (Å²) in [4.78, 5) is 19.2. The third kappa shape index (κ3) is 2.84. The summed E-state index contributed by atoms with van der Waals surface area (Å²) in [7, 11) is 1.38. The predicted molar refractivity (Wildman–Crippen MR) is 80.4 cm³/mol. The number of pyridine rings is 1. The van der Waals surface area contributed by atoms with Gasteiger partial charge in [0.2, 0.25) is 0 Å². The van der Waals surface area contributed by atoms with E-state index in [1.807, 2.05) is 26.8 Å². The Labute approximate surface area is 115 Å². The van der Waals surface area contributed by atoms with Crippen molar-refractivity contribution in [2.24, 2.45) is 0 Å². The largest absolute Gasteiger partial charge is 0.465 e. The summed E-state index contributed by atoms with van der Waals surface area (Å²) < 4.78 is 4.81. The first kappa shape index (κ1) is 15.0. The average molecular weight is 262 g/mol. The molecule has 0 amide bonds. The smallest absolute Gasteiger partial charge is 0.340 e. The van der Waals surface area contributed by atoms with Gasteiger partial charge in [0.15, 0.2) is 0 Å². The second kappa shape index (κ2) is 6.73. The van der Waals surface area contributed by atoms with Crippen LogP contribution in [0.2, 0.25) is 0 Å². The molecule has 4 heteroatoms. The third-order valence-corrected chi connectivity index (χ3v) is 2.73. The van der Waals surface area contributed by atoms with Crippen LogP contribution in [0.25, 0.3) is 17.1 Å². The maximum atomic E-state index is 11.8. The number of H-pyrrole nitrogens is 1. The molecule has 0 aromatic carbocycles. The monoisotopic (exact) mass is 262 g/mol. The van der Waals surface area contributed by atoms with E-state index in [4.69, 9.17) is 4.74 Å². The Kier molecular flexibility index (Phi) is 5.30. The molecular weight excluding hydrogens is 240 g/mol. The lowest BCUT2D eigenvalue weighted by Crippen LogP contribution is -2.03. The lowest BCUT2D eigenvalue weighted by atomic mass is 10.1. The van der Waals surface area contributed by atoms with Crippen LogP contribution in [0.1, 0.15) is 43.8 Å². The van der Waals surface area contributed by atoms with Crippen LogP contribution < -0.4 is 0 Å². The van der Waals surface area contributed by atoms with Crippen LogP contribution in [0.5, 0.6) is 0 Å². The van der Waals surface area contributed by atoms with Gasteiger partial charge in [-0.3, -0.25) is 0 Å². The van der Waals surface area contributed by atoms with Gasteiger partial charge in [-0.2, -0.15) is 0 Å². The fourth-order valence-electron chi connectivity index (χ4n) is 1.85. The van der Waals surface area contributed by atoms with E-state index in [9.17, 15) is 4.79 Å². The molecule has 0 radical (unpaired) electrons. The standard InChI is InChI=1S/C13H14N2O2.C2H6.H2/c1-4-8-6-9-11(13(16)17-3)10(5-2)15-12(9)14-7-8;1-2;/h4,6-7H,1,5H2,2-3H3,(H,14,15);1-2H3;1H. The molecular formula is C15H22N2O2. The van der Waals surface area contributed by atoms with Crippen LogP contribution in [0.15, 0.2) is 18.8 Å². The Morgan fingerprint density at radius 2 is 2.26 bits per heavy atom. The van der Waals surface area contributed by atoms with Crippen molar-refractivity contribution in [2.75, 3.05) is 7.11 Å². The zero-order valence-corrected chi connectivity index (χ0v) is 11.9. The van der Waals surface area contributed by atoms with Crippen molar-refractivity contribution in [3.63, 3.8) is 0 Å². The fourth-order valence-corrected chi connectivity index (χ4v) is 1.85. The predicted octanol–water partition coefficient (Wildman–Crippen LogP) is 3.83. The van der Waals surface area contributed by atoms with Crippen LogP contribution in [0, 0.1) is 0 Å². The summed E-state index contributed by atoms with van der Waals surface area (Å²) in [6.45, 7) is 9.67. The second-order valence-electron chi connectivity index (χ2n) is 3.69. The minimum atomic E-state index is -0.337. The summed E-state index contributed by atoms with van der Waals surface area (Å²) >= 11 is 0. The van der Waals surface area contributed by atoms with E-state index in [1.165, 1.54) is 7.11 Å². The quantitative estimate of drug-likeness (QED) is 0.855. The number of hydrogen-bond acceptors (Lipinski definition) is 3. The molecule has 0 atom stereocenters. The Bertz CT molecular complexity index is 591. The zero-order valence-electron chi connectivity index (χ0n) is 11.9.